The molecule has 5 heteroatoms. The highest BCUT2D eigenvalue weighted by Gasteiger charge is 2.42. The molecule has 1 unspecified atom stereocenters. The first kappa shape index (κ1) is 14.8. The molecule has 21 heavy (non-hydrogen) atoms. The van der Waals surface area contributed by atoms with Gasteiger partial charge in [-0.05, 0) is 19.4 Å². The number of amides is 1. The number of aromatic amines is 1. The Morgan fingerprint density at radius 1 is 1.33 bits per heavy atom. The zero-order chi connectivity index (χ0) is 15.5. The summed E-state index contributed by atoms with van der Waals surface area (Å²) in [4.78, 5) is 15.3. The number of benzene rings is 1. The maximum absolute atomic E-state index is 12.6. The van der Waals surface area contributed by atoms with Gasteiger partial charge in [-0.25, -0.2) is 0 Å². The summed E-state index contributed by atoms with van der Waals surface area (Å²) in [6.45, 7) is 3.62. The van der Waals surface area contributed by atoms with Gasteiger partial charge in [0.1, 0.15) is 6.07 Å². The first-order chi connectivity index (χ1) is 10.00. The number of nitriles is 1. The number of nitrogens with one attached hydrogen (secondary N) is 2. The number of hydrogen-bond donors (Lipinski definition) is 3. The standard InChI is InChI=1S/C16H17N3O2/c1-11(2)19-15(20)16(21,13-6-4-3-5-7-13)14-10-18-9-12(14)8-17/h3-7,9-11,18,21H,1-2H3,(H,19,20). The zero-order valence-electron chi connectivity index (χ0n) is 11.9. The van der Waals surface area contributed by atoms with E-state index in [1.54, 1.807) is 30.3 Å². The Bertz CT molecular complexity index is 670. The van der Waals surface area contributed by atoms with Gasteiger partial charge in [-0.15, -0.1) is 0 Å². The molecule has 2 aromatic rings. The van der Waals surface area contributed by atoms with Crippen molar-refractivity contribution >= 4 is 5.91 Å². The summed E-state index contributed by atoms with van der Waals surface area (Å²) in [6, 6.07) is 10.5. The quantitative estimate of drug-likeness (QED) is 0.797. The largest absolute Gasteiger partial charge is 0.372 e. The van der Waals surface area contributed by atoms with E-state index in [0.717, 1.165) is 0 Å². The molecule has 5 nitrogen and oxygen atoms in total. The minimum absolute atomic E-state index is 0.128. The van der Waals surface area contributed by atoms with Crippen LogP contribution in [0.4, 0.5) is 0 Å². The second-order valence-electron chi connectivity index (χ2n) is 5.10. The fraction of sp³-hybridized carbons (Fsp3) is 0.250. The lowest BCUT2D eigenvalue weighted by Crippen LogP contribution is -2.47. The highest BCUT2D eigenvalue weighted by atomic mass is 16.3. The Morgan fingerprint density at radius 3 is 2.57 bits per heavy atom. The summed E-state index contributed by atoms with van der Waals surface area (Å²) >= 11 is 0. The van der Waals surface area contributed by atoms with Gasteiger partial charge in [0.2, 0.25) is 0 Å². The van der Waals surface area contributed by atoms with Crippen molar-refractivity contribution in [1.29, 1.82) is 5.26 Å². The molecule has 0 radical (unpaired) electrons. The van der Waals surface area contributed by atoms with Crippen LogP contribution in [0.1, 0.15) is 30.5 Å². The average Bonchev–Trinajstić information content (AvgIpc) is 2.95. The molecule has 1 aromatic carbocycles. The van der Waals surface area contributed by atoms with Crippen LogP contribution in [-0.4, -0.2) is 22.0 Å². The Balaban J connectivity index is 2.60. The van der Waals surface area contributed by atoms with Gasteiger partial charge in [-0.2, -0.15) is 5.26 Å². The minimum Gasteiger partial charge on any atom is -0.372 e. The number of nitrogens with zero attached hydrogens (tertiary/aromatic N) is 1. The minimum atomic E-state index is -1.91. The van der Waals surface area contributed by atoms with Crippen LogP contribution in [-0.2, 0) is 10.4 Å². The average molecular weight is 283 g/mol. The van der Waals surface area contributed by atoms with Crippen LogP contribution in [0, 0.1) is 11.3 Å². The molecule has 0 saturated heterocycles. The van der Waals surface area contributed by atoms with Crippen molar-refractivity contribution in [2.45, 2.75) is 25.5 Å². The smallest absolute Gasteiger partial charge is 0.261 e. The molecule has 108 valence electrons. The molecule has 2 rings (SSSR count). The van der Waals surface area contributed by atoms with Crippen molar-refractivity contribution in [2.24, 2.45) is 0 Å². The molecule has 0 aliphatic carbocycles. The molecule has 0 aliphatic heterocycles. The van der Waals surface area contributed by atoms with Crippen LogP contribution >= 0.6 is 0 Å². The predicted molar refractivity (Wildman–Crippen MR) is 78.2 cm³/mol. The number of H-pyrrole nitrogens is 1. The molecule has 0 bridgehead atoms. The lowest BCUT2D eigenvalue weighted by atomic mass is 9.85. The SMILES string of the molecule is CC(C)NC(=O)C(O)(c1ccccc1)c1c[nH]cc1C#N. The number of rotatable bonds is 4. The van der Waals surface area contributed by atoms with Crippen LogP contribution in [0.5, 0.6) is 0 Å². The van der Waals surface area contributed by atoms with Crippen LogP contribution in [0.15, 0.2) is 42.7 Å². The molecule has 3 N–H and O–H groups in total. The van der Waals surface area contributed by atoms with Gasteiger partial charge >= 0.3 is 0 Å². The molecule has 0 aliphatic rings. The van der Waals surface area contributed by atoms with E-state index in [0.29, 0.717) is 5.56 Å². The number of carbonyl (C=O) groups is 1. The van der Waals surface area contributed by atoms with Crippen LogP contribution in [0.3, 0.4) is 0 Å². The first-order valence-electron chi connectivity index (χ1n) is 6.66. The maximum atomic E-state index is 12.6. The van der Waals surface area contributed by atoms with Crippen molar-refractivity contribution in [3.63, 3.8) is 0 Å². The number of hydrogen-bond acceptors (Lipinski definition) is 3. The molecule has 0 fully saturated rings. The fourth-order valence-corrected chi connectivity index (χ4v) is 2.21. The maximum Gasteiger partial charge on any atom is 0.261 e. The lowest BCUT2D eigenvalue weighted by Gasteiger charge is -2.28. The van der Waals surface area contributed by atoms with E-state index in [4.69, 9.17) is 5.26 Å². The van der Waals surface area contributed by atoms with Gasteiger partial charge < -0.3 is 15.4 Å². The van der Waals surface area contributed by atoms with Crippen LogP contribution in [0.2, 0.25) is 0 Å². The van der Waals surface area contributed by atoms with Gasteiger partial charge in [-0.1, -0.05) is 30.3 Å². The van der Waals surface area contributed by atoms with E-state index >= 15 is 0 Å². The molecule has 1 amide bonds. The Kier molecular flexibility index (Phi) is 4.10. The van der Waals surface area contributed by atoms with Crippen molar-refractivity contribution in [3.8, 4) is 6.07 Å². The summed E-state index contributed by atoms with van der Waals surface area (Å²) < 4.78 is 0. The van der Waals surface area contributed by atoms with E-state index < -0.39 is 11.5 Å². The molecule has 1 atom stereocenters. The van der Waals surface area contributed by atoms with Gasteiger partial charge in [0.05, 0.1) is 5.56 Å². The monoisotopic (exact) mass is 283 g/mol. The van der Waals surface area contributed by atoms with Crippen molar-refractivity contribution < 1.29 is 9.90 Å². The van der Waals surface area contributed by atoms with E-state index in [9.17, 15) is 9.90 Å². The molecule has 1 aromatic heterocycles. The Morgan fingerprint density at radius 2 is 2.00 bits per heavy atom. The van der Waals surface area contributed by atoms with Gasteiger partial charge in [0.25, 0.3) is 5.91 Å². The Labute approximate surface area is 123 Å². The van der Waals surface area contributed by atoms with Gasteiger partial charge in [-0.3, -0.25) is 4.79 Å². The summed E-state index contributed by atoms with van der Waals surface area (Å²) in [5.74, 6) is -0.556. The summed E-state index contributed by atoms with van der Waals surface area (Å²) in [5, 5.41) is 23.0. The summed E-state index contributed by atoms with van der Waals surface area (Å²) in [7, 11) is 0. The second-order valence-corrected chi connectivity index (χ2v) is 5.10. The molecular weight excluding hydrogens is 266 g/mol. The van der Waals surface area contributed by atoms with Gasteiger partial charge in [0, 0.05) is 24.0 Å². The molecule has 0 spiro atoms. The van der Waals surface area contributed by atoms with Crippen LogP contribution < -0.4 is 5.32 Å². The first-order valence-corrected chi connectivity index (χ1v) is 6.66. The number of carbonyl (C=O) groups excluding carboxylic acids is 1. The number of aromatic nitrogens is 1. The number of aliphatic hydroxyl groups is 1. The predicted octanol–water partition coefficient (Wildman–Crippen LogP) is 1.65. The van der Waals surface area contributed by atoms with E-state index in [2.05, 4.69) is 10.3 Å². The highest BCUT2D eigenvalue weighted by Crippen LogP contribution is 2.32. The third-order valence-electron chi connectivity index (χ3n) is 3.20. The van der Waals surface area contributed by atoms with Crippen molar-refractivity contribution in [1.82, 2.24) is 10.3 Å². The fourth-order valence-electron chi connectivity index (χ4n) is 2.21. The summed E-state index contributed by atoms with van der Waals surface area (Å²) in [6.07, 6.45) is 2.94. The third kappa shape index (κ3) is 2.67. The molecular formula is C16H17N3O2. The van der Waals surface area contributed by atoms with E-state index in [1.807, 2.05) is 19.9 Å². The molecule has 0 saturated carbocycles. The van der Waals surface area contributed by atoms with Crippen molar-refractivity contribution in [3.05, 3.63) is 59.4 Å². The molecule has 1 heterocycles. The van der Waals surface area contributed by atoms with E-state index in [-0.39, 0.29) is 17.2 Å². The normalized spacial score (nSPS) is 13.5. The van der Waals surface area contributed by atoms with E-state index in [1.165, 1.54) is 12.4 Å². The topological polar surface area (TPSA) is 88.9 Å². The lowest BCUT2D eigenvalue weighted by molar-refractivity contribution is -0.137. The van der Waals surface area contributed by atoms with Crippen molar-refractivity contribution in [2.75, 3.05) is 0 Å². The second kappa shape index (κ2) is 5.81. The Hall–Kier alpha value is -2.58. The zero-order valence-corrected chi connectivity index (χ0v) is 11.9. The third-order valence-corrected chi connectivity index (χ3v) is 3.20. The van der Waals surface area contributed by atoms with Gasteiger partial charge in [0.15, 0.2) is 5.60 Å². The highest BCUT2D eigenvalue weighted by molar-refractivity contribution is 5.90. The summed E-state index contributed by atoms with van der Waals surface area (Å²) in [5.41, 5.74) is -1.01. The van der Waals surface area contributed by atoms with Crippen LogP contribution in [0.25, 0.3) is 0 Å².